The van der Waals surface area contributed by atoms with Crippen LogP contribution in [0.25, 0.3) is 6.08 Å². The Balaban J connectivity index is 2.41. The molecule has 1 heterocycles. The van der Waals surface area contributed by atoms with Crippen molar-refractivity contribution in [2.24, 2.45) is 0 Å². The van der Waals surface area contributed by atoms with Gasteiger partial charge in [0.15, 0.2) is 0 Å². The van der Waals surface area contributed by atoms with Gasteiger partial charge in [0.25, 0.3) is 0 Å². The highest BCUT2D eigenvalue weighted by Crippen LogP contribution is 2.55. The third kappa shape index (κ3) is 5.91. The van der Waals surface area contributed by atoms with E-state index < -0.39 is 16.0 Å². The Morgan fingerprint density at radius 1 is 1.03 bits per heavy atom. The third-order valence-electron chi connectivity index (χ3n) is 5.08. The maximum Gasteiger partial charge on any atom is 0.353 e. The summed E-state index contributed by atoms with van der Waals surface area (Å²) in [4.78, 5) is 0. The first-order valence-corrected chi connectivity index (χ1v) is 12.9. The molecule has 2 rings (SSSR count). The van der Waals surface area contributed by atoms with Gasteiger partial charge in [-0.2, -0.15) is 0 Å². The molecule has 164 valence electrons. The predicted molar refractivity (Wildman–Crippen MR) is 122 cm³/mol. The molecule has 0 saturated carbocycles. The van der Waals surface area contributed by atoms with Crippen LogP contribution in [0.1, 0.15) is 53.5 Å². The van der Waals surface area contributed by atoms with Gasteiger partial charge in [-0.25, -0.2) is 9.34 Å². The van der Waals surface area contributed by atoms with Crippen LogP contribution >= 0.6 is 16.0 Å². The molecular weight excluding hydrogens is 406 g/mol. The fraction of sp³-hybridized carbons (Fsp3) is 0.619. The number of para-hydroxylation sites is 1. The first-order chi connectivity index (χ1) is 13.6. The highest BCUT2D eigenvalue weighted by atomic mass is 31.2. The number of rotatable bonds is 8. The summed E-state index contributed by atoms with van der Waals surface area (Å²) in [5.41, 5.74) is 0.850. The van der Waals surface area contributed by atoms with Crippen LogP contribution in [-0.4, -0.2) is 47.7 Å². The zero-order chi connectivity index (χ0) is 21.8. The van der Waals surface area contributed by atoms with Gasteiger partial charge in [-0.15, -0.1) is 0 Å². The SMILES string of the molecule is COP(=O)(/C=C/c1ccccc1OP1N(C(C)C)C(C)CC(C)N1C(C)C)OC. The Bertz CT molecular complexity index is 713. The summed E-state index contributed by atoms with van der Waals surface area (Å²) < 4.78 is 34.1. The molecule has 2 unspecified atom stereocenters. The minimum Gasteiger partial charge on any atom is -0.444 e. The second-order valence-corrected chi connectivity index (χ2v) is 11.7. The van der Waals surface area contributed by atoms with E-state index in [1.54, 1.807) is 6.08 Å². The van der Waals surface area contributed by atoms with Crippen molar-refractivity contribution in [3.05, 3.63) is 35.6 Å². The summed E-state index contributed by atoms with van der Waals surface area (Å²) in [6.07, 6.45) is 2.87. The first kappa shape index (κ1) is 24.5. The van der Waals surface area contributed by atoms with E-state index in [-0.39, 0.29) is 0 Å². The van der Waals surface area contributed by atoms with E-state index in [0.717, 1.165) is 17.7 Å². The maximum atomic E-state index is 12.4. The molecule has 0 bridgehead atoms. The Labute approximate surface area is 177 Å². The number of hydrogen-bond donors (Lipinski definition) is 0. The summed E-state index contributed by atoms with van der Waals surface area (Å²) in [7, 11) is -1.47. The molecule has 0 aliphatic carbocycles. The minimum atomic E-state index is -3.24. The summed E-state index contributed by atoms with van der Waals surface area (Å²) in [6, 6.07) is 9.44. The molecule has 0 amide bonds. The maximum absolute atomic E-state index is 12.4. The lowest BCUT2D eigenvalue weighted by Gasteiger charge is -2.51. The van der Waals surface area contributed by atoms with Gasteiger partial charge < -0.3 is 13.6 Å². The van der Waals surface area contributed by atoms with Crippen molar-refractivity contribution in [2.75, 3.05) is 14.2 Å². The van der Waals surface area contributed by atoms with Crippen LogP contribution in [-0.2, 0) is 13.6 Å². The topological polar surface area (TPSA) is 51.2 Å². The second-order valence-electron chi connectivity index (χ2n) is 7.98. The van der Waals surface area contributed by atoms with Gasteiger partial charge in [0.2, 0.25) is 8.45 Å². The summed E-state index contributed by atoms with van der Waals surface area (Å²) in [5.74, 6) is 2.25. The Kier molecular flexibility index (Phi) is 8.90. The third-order valence-corrected chi connectivity index (χ3v) is 9.48. The van der Waals surface area contributed by atoms with Gasteiger partial charge >= 0.3 is 7.60 Å². The molecule has 1 saturated heterocycles. The van der Waals surface area contributed by atoms with Crippen LogP contribution in [0.3, 0.4) is 0 Å². The Hall–Kier alpha value is -0.740. The van der Waals surface area contributed by atoms with Gasteiger partial charge in [0.05, 0.1) is 0 Å². The minimum absolute atomic E-state index is 0.370. The van der Waals surface area contributed by atoms with Crippen molar-refractivity contribution in [2.45, 2.75) is 72.1 Å². The summed E-state index contributed by atoms with van der Waals surface area (Å²) in [6.45, 7) is 13.5. The smallest absolute Gasteiger partial charge is 0.353 e. The second kappa shape index (κ2) is 10.5. The zero-order valence-electron chi connectivity index (χ0n) is 18.9. The molecule has 1 fully saturated rings. The van der Waals surface area contributed by atoms with Crippen LogP contribution in [0, 0.1) is 0 Å². The number of nitrogens with zero attached hydrogens (tertiary/aromatic N) is 2. The normalized spacial score (nSPS) is 24.7. The standard InChI is InChI=1S/C21H36N2O4P2/c1-16(2)22-18(5)15-19(6)23(17(3)4)28(22)27-21-12-10-9-11-20(21)13-14-29(24,25-7)26-8/h9-14,16-19H,15H2,1-8H3/b14-13+. The van der Waals surface area contributed by atoms with Crippen LogP contribution in [0.15, 0.2) is 30.1 Å². The van der Waals surface area contributed by atoms with E-state index in [1.807, 2.05) is 24.3 Å². The van der Waals surface area contributed by atoms with Gasteiger partial charge in [-0.1, -0.05) is 18.2 Å². The number of hydrogen-bond acceptors (Lipinski definition) is 6. The lowest BCUT2D eigenvalue weighted by Crippen LogP contribution is -2.52. The molecule has 1 aromatic carbocycles. The predicted octanol–water partition coefficient (Wildman–Crippen LogP) is 6.35. The summed E-state index contributed by atoms with van der Waals surface area (Å²) >= 11 is 0. The van der Waals surface area contributed by atoms with Gasteiger partial charge in [0, 0.05) is 49.8 Å². The number of benzene rings is 1. The molecule has 8 heteroatoms. The molecule has 0 radical (unpaired) electrons. The fourth-order valence-corrected chi connectivity index (χ4v) is 6.99. The molecule has 1 aromatic rings. The lowest BCUT2D eigenvalue weighted by molar-refractivity contribution is 0.142. The monoisotopic (exact) mass is 442 g/mol. The molecule has 6 nitrogen and oxygen atoms in total. The van der Waals surface area contributed by atoms with Gasteiger partial charge in [-0.05, 0) is 60.1 Å². The largest absolute Gasteiger partial charge is 0.444 e. The highest BCUT2D eigenvalue weighted by molar-refractivity contribution is 7.57. The highest BCUT2D eigenvalue weighted by Gasteiger charge is 2.43. The Morgan fingerprint density at radius 2 is 1.55 bits per heavy atom. The van der Waals surface area contributed by atoms with Crippen LogP contribution < -0.4 is 4.52 Å². The van der Waals surface area contributed by atoms with Gasteiger partial charge in [0.1, 0.15) is 5.75 Å². The molecule has 0 N–H and O–H groups in total. The van der Waals surface area contributed by atoms with Gasteiger partial charge in [-0.3, -0.25) is 4.57 Å². The van der Waals surface area contributed by atoms with Crippen molar-refractivity contribution in [1.82, 2.24) is 9.34 Å². The molecular formula is C21H36N2O4P2. The van der Waals surface area contributed by atoms with E-state index in [4.69, 9.17) is 13.6 Å². The average Bonchev–Trinajstić information content (AvgIpc) is 2.66. The molecule has 2 atom stereocenters. The fourth-order valence-electron chi connectivity index (χ4n) is 3.83. The first-order valence-electron chi connectivity index (χ1n) is 10.2. The molecule has 1 aliphatic heterocycles. The van der Waals surface area contributed by atoms with E-state index in [2.05, 4.69) is 50.9 Å². The van der Waals surface area contributed by atoms with E-state index in [0.29, 0.717) is 24.2 Å². The lowest BCUT2D eigenvalue weighted by atomic mass is 10.1. The van der Waals surface area contributed by atoms with Crippen LogP contribution in [0.5, 0.6) is 5.75 Å². The van der Waals surface area contributed by atoms with Crippen molar-refractivity contribution in [1.29, 1.82) is 0 Å². The van der Waals surface area contributed by atoms with Crippen molar-refractivity contribution in [3.8, 4) is 5.75 Å². The molecule has 0 aromatic heterocycles. The quantitative estimate of drug-likeness (QED) is 0.437. The molecule has 1 aliphatic rings. The van der Waals surface area contributed by atoms with Crippen molar-refractivity contribution < 1.29 is 18.1 Å². The summed E-state index contributed by atoms with van der Waals surface area (Å²) in [5, 5.41) is 0. The van der Waals surface area contributed by atoms with Crippen LogP contribution in [0.4, 0.5) is 0 Å². The van der Waals surface area contributed by atoms with E-state index in [9.17, 15) is 4.57 Å². The van der Waals surface area contributed by atoms with E-state index in [1.165, 1.54) is 20.0 Å². The van der Waals surface area contributed by atoms with E-state index >= 15 is 0 Å². The average molecular weight is 442 g/mol. The molecule has 0 spiro atoms. The van der Waals surface area contributed by atoms with Crippen LogP contribution in [0.2, 0.25) is 0 Å². The zero-order valence-corrected chi connectivity index (χ0v) is 20.7. The Morgan fingerprint density at radius 3 is 2.03 bits per heavy atom. The van der Waals surface area contributed by atoms with Crippen molar-refractivity contribution in [3.63, 3.8) is 0 Å². The van der Waals surface area contributed by atoms with Crippen molar-refractivity contribution >= 4 is 22.1 Å². The molecule has 29 heavy (non-hydrogen) atoms.